The van der Waals surface area contributed by atoms with E-state index in [2.05, 4.69) is 0 Å². The van der Waals surface area contributed by atoms with Crippen LogP contribution in [0.15, 0.2) is 11.6 Å². The van der Waals surface area contributed by atoms with Crippen molar-refractivity contribution < 1.29 is 24.6 Å². The quantitative estimate of drug-likeness (QED) is 0.433. The molecule has 0 aliphatic carbocycles. The standard InChI is InChI=1S/C6H6O5/c1-3(5(8)9)2-4(7)6(10)11/h2H,1H3,(H,8,9)(H,10,11). The van der Waals surface area contributed by atoms with Crippen molar-refractivity contribution in [3.63, 3.8) is 0 Å². The zero-order valence-electron chi connectivity index (χ0n) is 5.70. The van der Waals surface area contributed by atoms with Crippen LogP contribution in [0.3, 0.4) is 0 Å². The van der Waals surface area contributed by atoms with Gasteiger partial charge in [0.2, 0.25) is 0 Å². The molecule has 11 heavy (non-hydrogen) atoms. The van der Waals surface area contributed by atoms with Crippen molar-refractivity contribution in [3.8, 4) is 0 Å². The molecule has 0 aliphatic rings. The largest absolute Gasteiger partial charge is 0.478 e. The van der Waals surface area contributed by atoms with Crippen molar-refractivity contribution in [1.29, 1.82) is 0 Å². The highest BCUT2D eigenvalue weighted by atomic mass is 16.4. The average Bonchev–Trinajstić information content (AvgIpc) is 1.87. The highest BCUT2D eigenvalue weighted by Gasteiger charge is 2.10. The van der Waals surface area contributed by atoms with Gasteiger partial charge in [0.25, 0.3) is 5.78 Å². The summed E-state index contributed by atoms with van der Waals surface area (Å²) in [7, 11) is 0. The van der Waals surface area contributed by atoms with Crippen LogP contribution in [0.4, 0.5) is 0 Å². The molecule has 0 saturated heterocycles. The third-order valence-corrected chi connectivity index (χ3v) is 0.896. The first kappa shape index (κ1) is 9.35. The number of ketones is 1. The van der Waals surface area contributed by atoms with E-state index < -0.39 is 17.7 Å². The van der Waals surface area contributed by atoms with E-state index in [1.807, 2.05) is 0 Å². The number of hydrogen-bond acceptors (Lipinski definition) is 3. The fourth-order valence-electron chi connectivity index (χ4n) is 0.320. The summed E-state index contributed by atoms with van der Waals surface area (Å²) in [5.41, 5.74) is -0.294. The lowest BCUT2D eigenvalue weighted by molar-refractivity contribution is -0.146. The fourth-order valence-corrected chi connectivity index (χ4v) is 0.320. The first-order valence-corrected chi connectivity index (χ1v) is 2.64. The Kier molecular flexibility index (Phi) is 2.98. The smallest absolute Gasteiger partial charge is 0.376 e. The van der Waals surface area contributed by atoms with Crippen LogP contribution in [0.5, 0.6) is 0 Å². The van der Waals surface area contributed by atoms with Crippen molar-refractivity contribution >= 4 is 17.7 Å². The monoisotopic (exact) mass is 158 g/mol. The predicted octanol–water partition coefficient (Wildman–Crippen LogP) is -0.329. The molecule has 2 N–H and O–H groups in total. The molecular formula is C6H6O5. The van der Waals surface area contributed by atoms with Crippen LogP contribution < -0.4 is 0 Å². The van der Waals surface area contributed by atoms with E-state index in [1.54, 1.807) is 0 Å². The molecule has 60 valence electrons. The molecule has 0 spiro atoms. The second kappa shape index (κ2) is 3.50. The van der Waals surface area contributed by atoms with E-state index >= 15 is 0 Å². The molecule has 0 aromatic rings. The van der Waals surface area contributed by atoms with E-state index in [4.69, 9.17) is 10.2 Å². The van der Waals surface area contributed by atoms with Gasteiger partial charge >= 0.3 is 11.9 Å². The first-order valence-electron chi connectivity index (χ1n) is 2.64. The summed E-state index contributed by atoms with van der Waals surface area (Å²) in [5.74, 6) is -4.20. The molecule has 0 unspecified atom stereocenters. The molecule has 0 fully saturated rings. The van der Waals surface area contributed by atoms with Crippen LogP contribution >= 0.6 is 0 Å². The van der Waals surface area contributed by atoms with Crippen LogP contribution in [0.1, 0.15) is 6.92 Å². The maximum atomic E-state index is 10.3. The zero-order valence-corrected chi connectivity index (χ0v) is 5.70. The molecule has 0 aliphatic heterocycles. The lowest BCUT2D eigenvalue weighted by atomic mass is 10.2. The minimum atomic E-state index is -1.66. The Morgan fingerprint density at radius 3 is 1.82 bits per heavy atom. The Morgan fingerprint density at radius 1 is 1.09 bits per heavy atom. The minimum absolute atomic E-state index is 0.294. The van der Waals surface area contributed by atoms with E-state index in [-0.39, 0.29) is 5.57 Å². The van der Waals surface area contributed by atoms with Crippen molar-refractivity contribution in [2.45, 2.75) is 6.92 Å². The molecule has 5 heteroatoms. The van der Waals surface area contributed by atoms with Crippen molar-refractivity contribution in [2.24, 2.45) is 0 Å². The van der Waals surface area contributed by atoms with Crippen molar-refractivity contribution in [2.75, 3.05) is 0 Å². The topological polar surface area (TPSA) is 91.7 Å². The number of carbonyl (C=O) groups excluding carboxylic acids is 1. The summed E-state index contributed by atoms with van der Waals surface area (Å²) >= 11 is 0. The Labute approximate surface area is 61.9 Å². The van der Waals surface area contributed by atoms with E-state index in [0.29, 0.717) is 6.08 Å². The molecule has 0 heterocycles. The molecule has 0 saturated carbocycles. The van der Waals surface area contributed by atoms with Gasteiger partial charge < -0.3 is 10.2 Å². The average molecular weight is 158 g/mol. The molecule has 5 nitrogen and oxygen atoms in total. The van der Waals surface area contributed by atoms with E-state index in [9.17, 15) is 14.4 Å². The summed E-state index contributed by atoms with van der Waals surface area (Å²) in [6, 6.07) is 0. The fraction of sp³-hybridized carbons (Fsp3) is 0.167. The van der Waals surface area contributed by atoms with Crippen LogP contribution in [0.2, 0.25) is 0 Å². The summed E-state index contributed by atoms with van der Waals surface area (Å²) in [6.07, 6.45) is 0.560. The SMILES string of the molecule is CC(=CC(=O)C(=O)O)C(=O)O. The van der Waals surface area contributed by atoms with Crippen LogP contribution in [0, 0.1) is 0 Å². The van der Waals surface area contributed by atoms with Gasteiger partial charge in [0.1, 0.15) is 0 Å². The van der Waals surface area contributed by atoms with E-state index in [0.717, 1.165) is 6.92 Å². The highest BCUT2D eigenvalue weighted by Crippen LogP contribution is 1.91. The lowest BCUT2D eigenvalue weighted by Gasteiger charge is -1.88. The highest BCUT2D eigenvalue weighted by molar-refractivity contribution is 6.38. The summed E-state index contributed by atoms with van der Waals surface area (Å²) in [5, 5.41) is 16.2. The number of carboxylic acid groups (broad SMARTS) is 2. The van der Waals surface area contributed by atoms with Gasteiger partial charge in [-0.25, -0.2) is 9.59 Å². The summed E-state index contributed by atoms with van der Waals surface area (Å²) < 4.78 is 0. The molecule has 0 rings (SSSR count). The van der Waals surface area contributed by atoms with Crippen molar-refractivity contribution in [3.05, 3.63) is 11.6 Å². The molecular weight excluding hydrogens is 152 g/mol. The number of rotatable bonds is 3. The Balaban J connectivity index is 4.44. The van der Waals surface area contributed by atoms with Crippen LogP contribution in [0.25, 0.3) is 0 Å². The maximum absolute atomic E-state index is 10.3. The van der Waals surface area contributed by atoms with Gasteiger partial charge in [-0.05, 0) is 6.92 Å². The van der Waals surface area contributed by atoms with Gasteiger partial charge in [-0.3, -0.25) is 4.79 Å². The Hall–Kier alpha value is -1.65. The number of hydrogen-bond donors (Lipinski definition) is 2. The molecule has 0 atom stereocenters. The number of carbonyl (C=O) groups is 3. The predicted molar refractivity (Wildman–Crippen MR) is 34.0 cm³/mol. The molecule has 0 bridgehead atoms. The summed E-state index contributed by atoms with van der Waals surface area (Å²) in [4.78, 5) is 30.2. The lowest BCUT2D eigenvalue weighted by Crippen LogP contribution is -2.11. The Morgan fingerprint density at radius 2 is 1.55 bits per heavy atom. The Bertz CT molecular complexity index is 237. The van der Waals surface area contributed by atoms with Gasteiger partial charge in [-0.2, -0.15) is 0 Å². The van der Waals surface area contributed by atoms with Crippen molar-refractivity contribution in [1.82, 2.24) is 0 Å². The maximum Gasteiger partial charge on any atom is 0.376 e. The molecule has 0 aromatic heterocycles. The van der Waals surface area contributed by atoms with E-state index in [1.165, 1.54) is 0 Å². The second-order valence-corrected chi connectivity index (χ2v) is 1.80. The molecule has 0 aromatic carbocycles. The van der Waals surface area contributed by atoms with Gasteiger partial charge in [0.05, 0.1) is 0 Å². The van der Waals surface area contributed by atoms with Crippen LogP contribution in [-0.4, -0.2) is 27.9 Å². The molecule has 0 radical (unpaired) electrons. The minimum Gasteiger partial charge on any atom is -0.478 e. The van der Waals surface area contributed by atoms with Gasteiger partial charge in [-0.15, -0.1) is 0 Å². The number of aliphatic carboxylic acids is 2. The third-order valence-electron chi connectivity index (χ3n) is 0.896. The van der Waals surface area contributed by atoms with Crippen LogP contribution in [-0.2, 0) is 14.4 Å². The second-order valence-electron chi connectivity index (χ2n) is 1.80. The normalized spacial score (nSPS) is 10.8. The molecule has 0 amide bonds. The summed E-state index contributed by atoms with van der Waals surface area (Å²) in [6.45, 7) is 1.14. The van der Waals surface area contributed by atoms with Gasteiger partial charge in [0.15, 0.2) is 0 Å². The third kappa shape index (κ3) is 3.14. The zero-order chi connectivity index (χ0) is 9.02. The van der Waals surface area contributed by atoms with Gasteiger partial charge in [-0.1, -0.05) is 0 Å². The van der Waals surface area contributed by atoms with Gasteiger partial charge in [0, 0.05) is 11.6 Å². The first-order chi connectivity index (χ1) is 4.95. The number of carboxylic acids is 2.